The number of nitrogens with one attached hydrogen (secondary N) is 1. The summed E-state index contributed by atoms with van der Waals surface area (Å²) in [4.78, 5) is 4.66. The van der Waals surface area contributed by atoms with Crippen molar-refractivity contribution in [1.29, 1.82) is 0 Å². The van der Waals surface area contributed by atoms with Crippen LogP contribution in [0.15, 0.2) is 6.20 Å². The maximum Gasteiger partial charge on any atom is 0.128 e. The number of aromatic nitrogens is 1. The number of hydrogen-bond acceptors (Lipinski definition) is 3. The van der Waals surface area contributed by atoms with Crippen molar-refractivity contribution < 1.29 is 4.74 Å². The van der Waals surface area contributed by atoms with E-state index in [1.54, 1.807) is 7.11 Å². The van der Waals surface area contributed by atoms with Crippen LogP contribution in [-0.4, -0.2) is 25.2 Å². The Balaban J connectivity index is 2.24. The quantitative estimate of drug-likeness (QED) is 0.895. The van der Waals surface area contributed by atoms with Gasteiger partial charge in [-0.25, -0.2) is 0 Å². The van der Waals surface area contributed by atoms with E-state index in [1.165, 1.54) is 36.9 Å². The first-order valence-electron chi connectivity index (χ1n) is 7.68. The molecule has 1 aliphatic rings. The van der Waals surface area contributed by atoms with Gasteiger partial charge >= 0.3 is 0 Å². The monoisotopic (exact) mass is 276 g/mol. The van der Waals surface area contributed by atoms with Crippen molar-refractivity contribution in [3.63, 3.8) is 0 Å². The standard InChI is InChI=1S/C17H28N2O/c1-12-11-19-14(13(2)16(12)20-5)10-15(18-4)17(3)8-6-7-9-17/h11,15,18H,6-10H2,1-5H3. The van der Waals surface area contributed by atoms with E-state index in [2.05, 4.69) is 38.1 Å². The SMILES string of the molecule is CNC(Cc1ncc(C)c(OC)c1C)C1(C)CCCC1. The minimum absolute atomic E-state index is 0.404. The summed E-state index contributed by atoms with van der Waals surface area (Å²) in [5.41, 5.74) is 3.87. The molecule has 1 saturated carbocycles. The Morgan fingerprint density at radius 1 is 1.35 bits per heavy atom. The molecule has 0 aliphatic heterocycles. The van der Waals surface area contributed by atoms with Crippen LogP contribution in [0.25, 0.3) is 0 Å². The molecule has 112 valence electrons. The van der Waals surface area contributed by atoms with E-state index in [4.69, 9.17) is 4.74 Å². The molecular weight excluding hydrogens is 248 g/mol. The predicted molar refractivity (Wildman–Crippen MR) is 83.4 cm³/mol. The Morgan fingerprint density at radius 3 is 2.55 bits per heavy atom. The highest BCUT2D eigenvalue weighted by Crippen LogP contribution is 2.41. The molecule has 3 nitrogen and oxygen atoms in total. The van der Waals surface area contributed by atoms with Crippen LogP contribution in [0.5, 0.6) is 5.75 Å². The highest BCUT2D eigenvalue weighted by atomic mass is 16.5. The zero-order valence-electron chi connectivity index (χ0n) is 13.5. The molecule has 0 saturated heterocycles. The Bertz CT molecular complexity index is 464. The van der Waals surface area contributed by atoms with Crippen molar-refractivity contribution in [3.8, 4) is 5.75 Å². The van der Waals surface area contributed by atoms with E-state index in [0.29, 0.717) is 11.5 Å². The third kappa shape index (κ3) is 2.83. The van der Waals surface area contributed by atoms with Gasteiger partial charge in [0.1, 0.15) is 5.75 Å². The largest absolute Gasteiger partial charge is 0.496 e. The Morgan fingerprint density at radius 2 is 2.00 bits per heavy atom. The summed E-state index contributed by atoms with van der Waals surface area (Å²) in [6.45, 7) is 6.59. The van der Waals surface area contributed by atoms with Crippen LogP contribution in [0.3, 0.4) is 0 Å². The molecule has 1 aromatic rings. The minimum atomic E-state index is 0.404. The average molecular weight is 276 g/mol. The van der Waals surface area contributed by atoms with E-state index in [-0.39, 0.29) is 0 Å². The second kappa shape index (κ2) is 6.13. The van der Waals surface area contributed by atoms with E-state index in [0.717, 1.165) is 17.7 Å². The summed E-state index contributed by atoms with van der Waals surface area (Å²) in [7, 11) is 3.82. The normalized spacial score (nSPS) is 19.1. The smallest absolute Gasteiger partial charge is 0.128 e. The maximum absolute atomic E-state index is 5.52. The molecule has 1 unspecified atom stereocenters. The number of aryl methyl sites for hydroxylation is 1. The Labute approximate surface area is 123 Å². The van der Waals surface area contributed by atoms with Gasteiger partial charge in [0.25, 0.3) is 0 Å². The van der Waals surface area contributed by atoms with Crippen LogP contribution in [0.1, 0.15) is 49.4 Å². The van der Waals surface area contributed by atoms with Crippen LogP contribution in [0.2, 0.25) is 0 Å². The molecule has 0 radical (unpaired) electrons. The second-order valence-corrected chi connectivity index (χ2v) is 6.45. The van der Waals surface area contributed by atoms with Crippen molar-refractivity contribution in [1.82, 2.24) is 10.3 Å². The van der Waals surface area contributed by atoms with Crippen LogP contribution < -0.4 is 10.1 Å². The zero-order valence-corrected chi connectivity index (χ0v) is 13.5. The molecular formula is C17H28N2O. The first kappa shape index (κ1) is 15.3. The summed E-state index contributed by atoms with van der Waals surface area (Å²) in [6, 6.07) is 0.489. The molecule has 1 aromatic heterocycles. The van der Waals surface area contributed by atoms with Crippen molar-refractivity contribution >= 4 is 0 Å². The molecule has 1 N–H and O–H groups in total. The number of likely N-dealkylation sites (N-methyl/N-ethyl adjacent to an activating group) is 1. The lowest BCUT2D eigenvalue weighted by molar-refractivity contribution is 0.228. The molecule has 1 aliphatic carbocycles. The summed E-state index contributed by atoms with van der Waals surface area (Å²) in [5, 5.41) is 3.53. The van der Waals surface area contributed by atoms with Gasteiger partial charge in [-0.15, -0.1) is 0 Å². The van der Waals surface area contributed by atoms with Crippen LogP contribution in [0.4, 0.5) is 0 Å². The van der Waals surface area contributed by atoms with E-state index in [9.17, 15) is 0 Å². The van der Waals surface area contributed by atoms with Crippen molar-refractivity contribution in [2.45, 2.75) is 58.9 Å². The second-order valence-electron chi connectivity index (χ2n) is 6.45. The summed E-state index contributed by atoms with van der Waals surface area (Å²) >= 11 is 0. The van der Waals surface area contributed by atoms with Crippen molar-refractivity contribution in [3.05, 3.63) is 23.0 Å². The topological polar surface area (TPSA) is 34.2 Å². The first-order valence-corrected chi connectivity index (χ1v) is 7.68. The van der Waals surface area contributed by atoms with Crippen LogP contribution in [0, 0.1) is 19.3 Å². The van der Waals surface area contributed by atoms with Gasteiger partial charge in [-0.1, -0.05) is 19.8 Å². The van der Waals surface area contributed by atoms with Crippen molar-refractivity contribution in [2.24, 2.45) is 5.41 Å². The van der Waals surface area contributed by atoms with E-state index < -0.39 is 0 Å². The van der Waals surface area contributed by atoms with Crippen LogP contribution in [-0.2, 0) is 6.42 Å². The number of ether oxygens (including phenoxy) is 1. The molecule has 0 spiro atoms. The molecule has 0 bridgehead atoms. The fourth-order valence-corrected chi connectivity index (χ4v) is 3.70. The third-order valence-corrected chi connectivity index (χ3v) is 5.08. The Kier molecular flexibility index (Phi) is 4.69. The molecule has 1 atom stereocenters. The van der Waals surface area contributed by atoms with Gasteiger partial charge in [0, 0.05) is 35.5 Å². The third-order valence-electron chi connectivity index (χ3n) is 5.08. The first-order chi connectivity index (χ1) is 9.51. The lowest BCUT2D eigenvalue weighted by Crippen LogP contribution is -2.42. The minimum Gasteiger partial charge on any atom is -0.496 e. The van der Waals surface area contributed by atoms with E-state index >= 15 is 0 Å². The lowest BCUT2D eigenvalue weighted by atomic mass is 9.78. The fourth-order valence-electron chi connectivity index (χ4n) is 3.70. The van der Waals surface area contributed by atoms with Crippen molar-refractivity contribution in [2.75, 3.05) is 14.2 Å². The molecule has 20 heavy (non-hydrogen) atoms. The molecule has 1 heterocycles. The number of methoxy groups -OCH3 is 1. The van der Waals surface area contributed by atoms with E-state index in [1.807, 2.05) is 6.20 Å². The molecule has 0 aromatic carbocycles. The summed E-state index contributed by atoms with van der Waals surface area (Å²) in [5.74, 6) is 0.987. The predicted octanol–water partition coefficient (Wildman–Crippen LogP) is 3.42. The lowest BCUT2D eigenvalue weighted by Gasteiger charge is -2.34. The average Bonchev–Trinajstić information content (AvgIpc) is 2.86. The van der Waals surface area contributed by atoms with Gasteiger partial charge in [0.05, 0.1) is 7.11 Å². The van der Waals surface area contributed by atoms with Gasteiger partial charge in [-0.3, -0.25) is 4.98 Å². The Hall–Kier alpha value is -1.09. The highest BCUT2D eigenvalue weighted by Gasteiger charge is 2.36. The number of nitrogens with zero attached hydrogens (tertiary/aromatic N) is 1. The zero-order chi connectivity index (χ0) is 14.8. The van der Waals surface area contributed by atoms with Gasteiger partial charge in [0.15, 0.2) is 0 Å². The van der Waals surface area contributed by atoms with Gasteiger partial charge in [0.2, 0.25) is 0 Å². The molecule has 0 amide bonds. The number of hydrogen-bond donors (Lipinski definition) is 1. The van der Waals surface area contributed by atoms with Gasteiger partial charge in [-0.2, -0.15) is 0 Å². The summed E-state index contributed by atoms with van der Waals surface area (Å²) in [6.07, 6.45) is 8.28. The number of rotatable bonds is 5. The fraction of sp³-hybridized carbons (Fsp3) is 0.706. The summed E-state index contributed by atoms with van der Waals surface area (Å²) < 4.78 is 5.52. The van der Waals surface area contributed by atoms with Crippen LogP contribution >= 0.6 is 0 Å². The van der Waals surface area contributed by atoms with Gasteiger partial charge < -0.3 is 10.1 Å². The molecule has 1 fully saturated rings. The number of pyridine rings is 1. The van der Waals surface area contributed by atoms with Gasteiger partial charge in [-0.05, 0) is 39.2 Å². The maximum atomic E-state index is 5.52. The molecule has 2 rings (SSSR count). The highest BCUT2D eigenvalue weighted by molar-refractivity contribution is 5.41. The molecule has 3 heteroatoms.